The van der Waals surface area contributed by atoms with Crippen LogP contribution in [0, 0.1) is 0 Å². The van der Waals surface area contributed by atoms with Crippen molar-refractivity contribution < 1.29 is 9.53 Å². The average molecular weight is 213 g/mol. The molecule has 1 aliphatic heterocycles. The fourth-order valence-corrected chi connectivity index (χ4v) is 2.14. The van der Waals surface area contributed by atoms with Crippen LogP contribution in [0.3, 0.4) is 0 Å². The molecule has 0 amide bonds. The first-order chi connectivity index (χ1) is 7.11. The highest BCUT2D eigenvalue weighted by Gasteiger charge is 2.21. The largest absolute Gasteiger partial charge is 0.373 e. The van der Waals surface area contributed by atoms with E-state index in [0.29, 0.717) is 24.4 Å². The molecule has 0 spiro atoms. The van der Waals surface area contributed by atoms with Crippen LogP contribution in [0.2, 0.25) is 0 Å². The van der Waals surface area contributed by atoms with Gasteiger partial charge in [-0.1, -0.05) is 6.92 Å². The molecule has 0 radical (unpaired) electrons. The Kier molecular flexibility index (Phi) is 5.26. The van der Waals surface area contributed by atoms with Crippen molar-refractivity contribution in [1.29, 1.82) is 0 Å². The predicted molar refractivity (Wildman–Crippen MR) is 61.0 cm³/mol. The summed E-state index contributed by atoms with van der Waals surface area (Å²) >= 11 is 0. The molecule has 0 aromatic heterocycles. The van der Waals surface area contributed by atoms with Crippen LogP contribution in [0.1, 0.15) is 40.0 Å². The maximum absolute atomic E-state index is 11.1. The van der Waals surface area contributed by atoms with Gasteiger partial charge in [0.1, 0.15) is 5.78 Å². The van der Waals surface area contributed by atoms with Crippen LogP contribution in [-0.4, -0.2) is 42.5 Å². The Bertz CT molecular complexity index is 196. The van der Waals surface area contributed by atoms with E-state index in [1.807, 2.05) is 6.92 Å². The fourth-order valence-electron chi connectivity index (χ4n) is 2.14. The molecule has 0 saturated carbocycles. The smallest absolute Gasteiger partial charge is 0.132 e. The molecule has 2 atom stereocenters. The van der Waals surface area contributed by atoms with E-state index in [-0.39, 0.29) is 0 Å². The Morgan fingerprint density at radius 2 is 1.93 bits per heavy atom. The number of carbonyl (C=O) groups is 1. The summed E-state index contributed by atoms with van der Waals surface area (Å²) in [5.74, 6) is 0.379. The Balaban J connectivity index is 2.17. The first-order valence-electron chi connectivity index (χ1n) is 6.01. The van der Waals surface area contributed by atoms with Crippen molar-refractivity contribution in [2.24, 2.45) is 0 Å². The Labute approximate surface area is 92.8 Å². The Hall–Kier alpha value is -0.410. The molecule has 0 N–H and O–H groups in total. The molecule has 88 valence electrons. The minimum absolute atomic E-state index is 0.329. The standard InChI is InChI=1S/C12H23NO2/c1-4-12(14)6-5-7-13-8-10(2)15-11(3)9-13/h10-11H,4-9H2,1-3H3. The molecule has 1 aliphatic rings. The van der Waals surface area contributed by atoms with Gasteiger partial charge in [-0.15, -0.1) is 0 Å². The maximum Gasteiger partial charge on any atom is 0.132 e. The SMILES string of the molecule is CCC(=O)CCCN1CC(C)OC(C)C1. The first kappa shape index (κ1) is 12.7. The number of nitrogens with zero attached hydrogens (tertiary/aromatic N) is 1. The van der Waals surface area contributed by atoms with E-state index in [4.69, 9.17) is 4.74 Å². The second-order valence-electron chi connectivity index (χ2n) is 4.51. The monoisotopic (exact) mass is 213 g/mol. The van der Waals surface area contributed by atoms with Gasteiger partial charge >= 0.3 is 0 Å². The molecular formula is C12H23NO2. The average Bonchev–Trinajstić information content (AvgIpc) is 2.16. The second kappa shape index (κ2) is 6.23. The lowest BCUT2D eigenvalue weighted by molar-refractivity contribution is -0.119. The number of hydrogen-bond donors (Lipinski definition) is 0. The Morgan fingerprint density at radius 3 is 2.47 bits per heavy atom. The van der Waals surface area contributed by atoms with Crippen LogP contribution in [0.4, 0.5) is 0 Å². The molecule has 0 bridgehead atoms. The molecule has 1 fully saturated rings. The summed E-state index contributed by atoms with van der Waals surface area (Å²) in [7, 11) is 0. The molecule has 2 unspecified atom stereocenters. The third-order valence-electron chi connectivity index (χ3n) is 2.82. The van der Waals surface area contributed by atoms with Crippen LogP contribution in [0.25, 0.3) is 0 Å². The van der Waals surface area contributed by atoms with Gasteiger partial charge in [-0.3, -0.25) is 9.69 Å². The van der Waals surface area contributed by atoms with Crippen LogP contribution in [0.5, 0.6) is 0 Å². The van der Waals surface area contributed by atoms with Crippen molar-refractivity contribution in [3.05, 3.63) is 0 Å². The highest BCUT2D eigenvalue weighted by molar-refractivity contribution is 5.77. The number of rotatable bonds is 5. The lowest BCUT2D eigenvalue weighted by atomic mass is 10.1. The number of hydrogen-bond acceptors (Lipinski definition) is 3. The van der Waals surface area contributed by atoms with Gasteiger partial charge in [-0.25, -0.2) is 0 Å². The normalized spacial score (nSPS) is 27.9. The second-order valence-corrected chi connectivity index (χ2v) is 4.51. The number of Topliss-reactive ketones (excluding diaryl/α,β-unsaturated/α-hetero) is 1. The van der Waals surface area contributed by atoms with E-state index in [1.54, 1.807) is 0 Å². The molecule has 1 heterocycles. The van der Waals surface area contributed by atoms with Gasteiger partial charge in [0, 0.05) is 25.9 Å². The minimum Gasteiger partial charge on any atom is -0.373 e. The van der Waals surface area contributed by atoms with E-state index in [1.165, 1.54) is 0 Å². The molecule has 0 aromatic carbocycles. The number of ether oxygens (including phenoxy) is 1. The van der Waals surface area contributed by atoms with Crippen molar-refractivity contribution in [2.45, 2.75) is 52.2 Å². The van der Waals surface area contributed by atoms with Crippen molar-refractivity contribution in [2.75, 3.05) is 19.6 Å². The molecule has 0 aromatic rings. The lowest BCUT2D eigenvalue weighted by Crippen LogP contribution is -2.45. The van der Waals surface area contributed by atoms with Gasteiger partial charge in [-0.2, -0.15) is 0 Å². The summed E-state index contributed by atoms with van der Waals surface area (Å²) in [6.45, 7) is 9.19. The summed E-state index contributed by atoms with van der Waals surface area (Å²) in [4.78, 5) is 13.5. The number of morpholine rings is 1. The lowest BCUT2D eigenvalue weighted by Gasteiger charge is -2.35. The van der Waals surface area contributed by atoms with Gasteiger partial charge in [0.15, 0.2) is 0 Å². The summed E-state index contributed by atoms with van der Waals surface area (Å²) in [6, 6.07) is 0. The zero-order valence-corrected chi connectivity index (χ0v) is 10.2. The van der Waals surface area contributed by atoms with E-state index < -0.39 is 0 Å². The summed E-state index contributed by atoms with van der Waals surface area (Å²) in [5, 5.41) is 0. The molecule has 1 rings (SSSR count). The summed E-state index contributed by atoms with van der Waals surface area (Å²) < 4.78 is 5.66. The third kappa shape index (κ3) is 4.76. The summed E-state index contributed by atoms with van der Waals surface area (Å²) in [5.41, 5.74) is 0. The van der Waals surface area contributed by atoms with Crippen molar-refractivity contribution in [1.82, 2.24) is 4.90 Å². The highest BCUT2D eigenvalue weighted by atomic mass is 16.5. The quantitative estimate of drug-likeness (QED) is 0.698. The Morgan fingerprint density at radius 1 is 1.33 bits per heavy atom. The highest BCUT2D eigenvalue weighted by Crippen LogP contribution is 2.11. The van der Waals surface area contributed by atoms with Crippen molar-refractivity contribution in [3.8, 4) is 0 Å². The minimum atomic E-state index is 0.329. The van der Waals surface area contributed by atoms with Crippen LogP contribution < -0.4 is 0 Å². The molecule has 1 saturated heterocycles. The predicted octanol–water partition coefficient (Wildman–Crippen LogP) is 1.85. The van der Waals surface area contributed by atoms with E-state index in [9.17, 15) is 4.79 Å². The van der Waals surface area contributed by atoms with E-state index in [2.05, 4.69) is 18.7 Å². The zero-order chi connectivity index (χ0) is 11.3. The molecule has 3 heteroatoms. The van der Waals surface area contributed by atoms with Crippen molar-refractivity contribution in [3.63, 3.8) is 0 Å². The summed E-state index contributed by atoms with van der Waals surface area (Å²) in [6.07, 6.45) is 3.06. The molecule has 15 heavy (non-hydrogen) atoms. The van der Waals surface area contributed by atoms with Gasteiger partial charge < -0.3 is 4.74 Å². The topological polar surface area (TPSA) is 29.5 Å². The van der Waals surface area contributed by atoms with Gasteiger partial charge in [0.05, 0.1) is 12.2 Å². The first-order valence-corrected chi connectivity index (χ1v) is 6.01. The fraction of sp³-hybridized carbons (Fsp3) is 0.917. The van der Waals surface area contributed by atoms with Crippen molar-refractivity contribution >= 4 is 5.78 Å². The maximum atomic E-state index is 11.1. The van der Waals surface area contributed by atoms with Crippen LogP contribution >= 0.6 is 0 Å². The number of carbonyl (C=O) groups excluding carboxylic acids is 1. The molecule has 3 nitrogen and oxygen atoms in total. The van der Waals surface area contributed by atoms with Gasteiger partial charge in [0.2, 0.25) is 0 Å². The van der Waals surface area contributed by atoms with E-state index in [0.717, 1.165) is 32.5 Å². The molecular weight excluding hydrogens is 190 g/mol. The van der Waals surface area contributed by atoms with Gasteiger partial charge in [0.25, 0.3) is 0 Å². The third-order valence-corrected chi connectivity index (χ3v) is 2.82. The van der Waals surface area contributed by atoms with Crippen LogP contribution in [0.15, 0.2) is 0 Å². The van der Waals surface area contributed by atoms with E-state index >= 15 is 0 Å². The zero-order valence-electron chi connectivity index (χ0n) is 10.2. The van der Waals surface area contributed by atoms with Gasteiger partial charge in [-0.05, 0) is 26.8 Å². The van der Waals surface area contributed by atoms with Crippen LogP contribution in [-0.2, 0) is 9.53 Å². The molecule has 0 aliphatic carbocycles. The number of ketones is 1.